The first-order valence-corrected chi connectivity index (χ1v) is 7.64. The van der Waals surface area contributed by atoms with Crippen molar-refractivity contribution in [3.8, 4) is 11.5 Å². The summed E-state index contributed by atoms with van der Waals surface area (Å²) in [6.07, 6.45) is 0. The number of halogens is 2. The minimum absolute atomic E-state index is 0.0322. The largest absolute Gasteiger partial charge is 0.491 e. The van der Waals surface area contributed by atoms with Crippen LogP contribution in [0.5, 0.6) is 11.5 Å². The molecule has 0 spiro atoms. The predicted octanol–water partition coefficient (Wildman–Crippen LogP) is 2.67. The number of carbonyl (C=O) groups is 1. The molecule has 3 rings (SSSR count). The average molecular weight is 351 g/mol. The molecule has 2 aromatic rings. The number of hydrogen-bond acceptors (Lipinski definition) is 5. The number of esters is 1. The molecule has 0 fully saturated rings. The third kappa shape index (κ3) is 3.24. The van der Waals surface area contributed by atoms with Crippen LogP contribution in [-0.2, 0) is 16.0 Å². The summed E-state index contributed by atoms with van der Waals surface area (Å²) in [5, 5.41) is 9.62. The summed E-state index contributed by atoms with van der Waals surface area (Å²) in [6, 6.07) is 7.09. The molecule has 0 atom stereocenters. The Bertz CT molecular complexity index is 798. The molecule has 0 radical (unpaired) electrons. The van der Waals surface area contributed by atoms with Crippen LogP contribution in [0.25, 0.3) is 0 Å². The molecular formula is C16H13BClFO5. The van der Waals surface area contributed by atoms with Gasteiger partial charge in [-0.2, -0.15) is 0 Å². The number of carbonyl (C=O) groups excluding carboxylic acids is 1. The van der Waals surface area contributed by atoms with Gasteiger partial charge in [0.05, 0.1) is 23.8 Å². The molecule has 1 aliphatic heterocycles. The van der Waals surface area contributed by atoms with Gasteiger partial charge in [-0.05, 0) is 36.1 Å². The van der Waals surface area contributed by atoms with E-state index in [4.69, 9.17) is 25.7 Å². The van der Waals surface area contributed by atoms with Gasteiger partial charge in [-0.15, -0.1) is 0 Å². The van der Waals surface area contributed by atoms with Crippen molar-refractivity contribution in [2.24, 2.45) is 0 Å². The molecule has 124 valence electrons. The van der Waals surface area contributed by atoms with Crippen molar-refractivity contribution in [2.45, 2.75) is 13.5 Å². The molecule has 0 saturated heterocycles. The molecular weight excluding hydrogens is 337 g/mol. The minimum Gasteiger partial charge on any atom is -0.462 e. The SMILES string of the molecule is CCOC(=O)c1cc(F)c(Oc2ccc3c(c2)COB3O)cc1Cl. The molecule has 0 bridgehead atoms. The zero-order chi connectivity index (χ0) is 17.3. The highest BCUT2D eigenvalue weighted by atomic mass is 35.5. The van der Waals surface area contributed by atoms with E-state index >= 15 is 0 Å². The van der Waals surface area contributed by atoms with E-state index in [0.29, 0.717) is 11.2 Å². The molecule has 1 N–H and O–H groups in total. The van der Waals surface area contributed by atoms with Gasteiger partial charge in [0, 0.05) is 6.07 Å². The maximum atomic E-state index is 14.2. The third-order valence-corrected chi connectivity index (χ3v) is 3.83. The molecule has 0 aliphatic carbocycles. The van der Waals surface area contributed by atoms with E-state index < -0.39 is 18.9 Å². The molecule has 1 aliphatic rings. The number of fused-ring (bicyclic) bond motifs is 1. The second-order valence-electron chi connectivity index (χ2n) is 5.11. The quantitative estimate of drug-likeness (QED) is 0.678. The van der Waals surface area contributed by atoms with Crippen LogP contribution in [0.15, 0.2) is 30.3 Å². The maximum Gasteiger partial charge on any atom is 0.491 e. The first kappa shape index (κ1) is 16.8. The third-order valence-electron chi connectivity index (χ3n) is 3.52. The predicted molar refractivity (Wildman–Crippen MR) is 86.3 cm³/mol. The van der Waals surface area contributed by atoms with Crippen molar-refractivity contribution in [3.63, 3.8) is 0 Å². The Balaban J connectivity index is 1.86. The molecule has 0 saturated carbocycles. The van der Waals surface area contributed by atoms with Gasteiger partial charge in [0.15, 0.2) is 11.6 Å². The van der Waals surface area contributed by atoms with E-state index in [2.05, 4.69) is 0 Å². The Hall–Kier alpha value is -2.09. The fourth-order valence-corrected chi connectivity index (χ4v) is 2.60. The van der Waals surface area contributed by atoms with Gasteiger partial charge in [-0.1, -0.05) is 17.7 Å². The van der Waals surface area contributed by atoms with Crippen LogP contribution in [0.1, 0.15) is 22.8 Å². The molecule has 0 amide bonds. The van der Waals surface area contributed by atoms with E-state index in [-0.39, 0.29) is 29.5 Å². The monoisotopic (exact) mass is 350 g/mol. The fourth-order valence-electron chi connectivity index (χ4n) is 2.37. The molecule has 1 heterocycles. The number of hydrogen-bond donors (Lipinski definition) is 1. The smallest absolute Gasteiger partial charge is 0.462 e. The highest BCUT2D eigenvalue weighted by Gasteiger charge is 2.27. The van der Waals surface area contributed by atoms with Gasteiger partial charge >= 0.3 is 13.1 Å². The number of ether oxygens (including phenoxy) is 2. The van der Waals surface area contributed by atoms with Crippen LogP contribution in [0.4, 0.5) is 4.39 Å². The van der Waals surface area contributed by atoms with Gasteiger partial charge < -0.3 is 19.2 Å². The average Bonchev–Trinajstić information content (AvgIpc) is 2.91. The zero-order valence-corrected chi connectivity index (χ0v) is 13.5. The molecule has 0 aromatic heterocycles. The summed E-state index contributed by atoms with van der Waals surface area (Å²) in [5.41, 5.74) is 1.35. The minimum atomic E-state index is -0.955. The van der Waals surface area contributed by atoms with Gasteiger partial charge in [0.25, 0.3) is 0 Å². The first-order valence-electron chi connectivity index (χ1n) is 7.26. The summed E-state index contributed by atoms with van der Waals surface area (Å²) in [7, 11) is -0.955. The molecule has 24 heavy (non-hydrogen) atoms. The second kappa shape index (κ2) is 6.80. The van der Waals surface area contributed by atoms with Crippen molar-refractivity contribution in [1.29, 1.82) is 0 Å². The van der Waals surface area contributed by atoms with Gasteiger partial charge in [-0.3, -0.25) is 0 Å². The summed E-state index contributed by atoms with van der Waals surface area (Å²) < 4.78 is 29.6. The lowest BCUT2D eigenvalue weighted by Crippen LogP contribution is -2.27. The topological polar surface area (TPSA) is 65.0 Å². The lowest BCUT2D eigenvalue weighted by Gasteiger charge is -2.11. The van der Waals surface area contributed by atoms with Crippen LogP contribution >= 0.6 is 11.6 Å². The molecule has 5 nitrogen and oxygen atoms in total. The Morgan fingerprint density at radius 3 is 2.96 bits per heavy atom. The van der Waals surface area contributed by atoms with E-state index in [1.165, 1.54) is 6.07 Å². The standard InChI is InChI=1S/C16H13BClFO5/c1-2-22-16(20)11-6-14(19)15(7-13(11)18)24-10-3-4-12-9(5-10)8-23-17(12)21/h3-7,21H,2,8H2,1H3. The lowest BCUT2D eigenvalue weighted by molar-refractivity contribution is 0.0526. The van der Waals surface area contributed by atoms with Crippen molar-refractivity contribution < 1.29 is 28.3 Å². The Kier molecular flexibility index (Phi) is 4.75. The van der Waals surface area contributed by atoms with Crippen molar-refractivity contribution >= 4 is 30.2 Å². The summed E-state index contributed by atoms with van der Waals surface area (Å²) in [4.78, 5) is 11.7. The summed E-state index contributed by atoms with van der Waals surface area (Å²) in [5.74, 6) is -1.19. The maximum absolute atomic E-state index is 14.2. The van der Waals surface area contributed by atoms with Crippen LogP contribution < -0.4 is 10.2 Å². The second-order valence-corrected chi connectivity index (χ2v) is 5.52. The Labute approximate surface area is 143 Å². The molecule has 8 heteroatoms. The Morgan fingerprint density at radius 1 is 1.42 bits per heavy atom. The molecule has 2 aromatic carbocycles. The molecule has 0 unspecified atom stereocenters. The van der Waals surface area contributed by atoms with E-state index in [1.54, 1.807) is 25.1 Å². The fraction of sp³-hybridized carbons (Fsp3) is 0.188. The van der Waals surface area contributed by atoms with Crippen molar-refractivity contribution in [1.82, 2.24) is 0 Å². The highest BCUT2D eigenvalue weighted by molar-refractivity contribution is 6.61. The normalized spacial score (nSPS) is 12.9. The van der Waals surface area contributed by atoms with Crippen LogP contribution in [0.2, 0.25) is 5.02 Å². The summed E-state index contributed by atoms with van der Waals surface area (Å²) >= 11 is 6.01. The number of rotatable bonds is 4. The van der Waals surface area contributed by atoms with E-state index in [0.717, 1.165) is 11.6 Å². The van der Waals surface area contributed by atoms with Gasteiger partial charge in [0.1, 0.15) is 5.75 Å². The van der Waals surface area contributed by atoms with Crippen molar-refractivity contribution in [2.75, 3.05) is 6.61 Å². The van der Waals surface area contributed by atoms with Crippen LogP contribution in [-0.4, -0.2) is 24.7 Å². The Morgan fingerprint density at radius 2 is 2.21 bits per heavy atom. The van der Waals surface area contributed by atoms with Crippen molar-refractivity contribution in [3.05, 3.63) is 52.3 Å². The van der Waals surface area contributed by atoms with Crippen LogP contribution in [0.3, 0.4) is 0 Å². The van der Waals surface area contributed by atoms with E-state index in [1.807, 2.05) is 0 Å². The van der Waals surface area contributed by atoms with E-state index in [9.17, 15) is 14.2 Å². The van der Waals surface area contributed by atoms with Gasteiger partial charge in [0.2, 0.25) is 0 Å². The summed E-state index contributed by atoms with van der Waals surface area (Å²) in [6.45, 7) is 2.06. The lowest BCUT2D eigenvalue weighted by atomic mass is 9.80. The zero-order valence-electron chi connectivity index (χ0n) is 12.7. The number of benzene rings is 2. The first-order chi connectivity index (χ1) is 11.5. The van der Waals surface area contributed by atoms with Gasteiger partial charge in [-0.25, -0.2) is 9.18 Å². The van der Waals surface area contributed by atoms with Crippen LogP contribution in [0, 0.1) is 5.82 Å². The highest BCUT2D eigenvalue weighted by Crippen LogP contribution is 2.31.